The number of aryl methyl sites for hydroxylation is 3. The van der Waals surface area contributed by atoms with Crippen molar-refractivity contribution >= 4 is 28.2 Å². The second-order valence-corrected chi connectivity index (χ2v) is 11.5. The average Bonchev–Trinajstić information content (AvgIpc) is 3.40. The summed E-state index contributed by atoms with van der Waals surface area (Å²) in [5.74, 6) is -0.696. The molecule has 11 heteroatoms. The maximum atomic E-state index is 14.2. The van der Waals surface area contributed by atoms with E-state index < -0.39 is 11.6 Å². The molecule has 8 nitrogen and oxygen atoms in total. The quantitative estimate of drug-likeness (QED) is 0.285. The fourth-order valence-electron chi connectivity index (χ4n) is 4.80. The van der Waals surface area contributed by atoms with E-state index in [0.717, 1.165) is 9.75 Å². The molecule has 5 aromatic rings. The zero-order valence-corrected chi connectivity index (χ0v) is 24.4. The van der Waals surface area contributed by atoms with Crippen molar-refractivity contribution in [3.05, 3.63) is 97.3 Å². The first-order chi connectivity index (χ1) is 19.4. The summed E-state index contributed by atoms with van der Waals surface area (Å²) in [6, 6.07) is 11.0. The van der Waals surface area contributed by atoms with E-state index in [-0.39, 0.29) is 17.2 Å². The minimum absolute atomic E-state index is 0.172. The van der Waals surface area contributed by atoms with E-state index in [4.69, 9.17) is 0 Å². The van der Waals surface area contributed by atoms with Gasteiger partial charge in [-0.3, -0.25) is 14.2 Å². The lowest BCUT2D eigenvalue weighted by molar-refractivity contribution is 0.400. The van der Waals surface area contributed by atoms with Crippen LogP contribution in [-0.4, -0.2) is 38.1 Å². The zero-order chi connectivity index (χ0) is 29.6. The summed E-state index contributed by atoms with van der Waals surface area (Å²) < 4.78 is 31.2. The van der Waals surface area contributed by atoms with Gasteiger partial charge in [0.25, 0.3) is 5.56 Å². The number of halogens is 2. The van der Waals surface area contributed by atoms with Crippen molar-refractivity contribution in [2.75, 3.05) is 19.4 Å². The molecule has 1 atom stereocenters. The molecule has 4 aromatic heterocycles. The van der Waals surface area contributed by atoms with Crippen LogP contribution in [0.2, 0.25) is 0 Å². The minimum Gasteiger partial charge on any atom is -0.362 e. The summed E-state index contributed by atoms with van der Waals surface area (Å²) in [6.07, 6.45) is 1.63. The number of hydrogen-bond acceptors (Lipinski definition) is 7. The second kappa shape index (κ2) is 11.0. The first kappa shape index (κ1) is 28.3. The number of nitrogens with one attached hydrogen (secondary N) is 1. The summed E-state index contributed by atoms with van der Waals surface area (Å²) in [5.41, 5.74) is 2.45. The van der Waals surface area contributed by atoms with Gasteiger partial charge in [-0.15, -0.1) is 11.3 Å². The molecule has 0 saturated carbocycles. The van der Waals surface area contributed by atoms with Gasteiger partial charge in [-0.2, -0.15) is 0 Å². The highest BCUT2D eigenvalue weighted by molar-refractivity contribution is 7.15. The predicted molar refractivity (Wildman–Crippen MR) is 159 cm³/mol. The molecule has 41 heavy (non-hydrogen) atoms. The van der Waals surface area contributed by atoms with Gasteiger partial charge in [-0.25, -0.2) is 18.7 Å². The van der Waals surface area contributed by atoms with Crippen LogP contribution in [0.3, 0.4) is 0 Å². The molecule has 1 aromatic carbocycles. The summed E-state index contributed by atoms with van der Waals surface area (Å²) >= 11 is 1.49. The Hall–Kier alpha value is -4.22. The van der Waals surface area contributed by atoms with E-state index in [1.807, 2.05) is 38.1 Å². The van der Waals surface area contributed by atoms with Crippen molar-refractivity contribution in [3.8, 4) is 21.6 Å². The highest BCUT2D eigenvalue weighted by atomic mass is 32.1. The van der Waals surface area contributed by atoms with E-state index in [1.54, 1.807) is 39.3 Å². The van der Waals surface area contributed by atoms with E-state index in [1.165, 1.54) is 38.7 Å². The fraction of sp³-hybridized carbons (Fsp3) is 0.267. The Morgan fingerprint density at radius 1 is 1.00 bits per heavy atom. The topological polar surface area (TPSA) is 85.0 Å². The summed E-state index contributed by atoms with van der Waals surface area (Å²) in [7, 11) is 7.06. The number of fused-ring (bicyclic) bond motifs is 1. The van der Waals surface area contributed by atoms with E-state index in [2.05, 4.69) is 15.3 Å². The molecule has 0 radical (unpaired) electrons. The first-order valence-corrected chi connectivity index (χ1v) is 13.8. The average molecular weight is 577 g/mol. The smallest absolute Gasteiger partial charge is 0.259 e. The number of benzene rings is 1. The molecule has 0 fully saturated rings. The van der Waals surface area contributed by atoms with Gasteiger partial charge in [0, 0.05) is 53.8 Å². The minimum atomic E-state index is -0.883. The molecule has 0 amide bonds. The molecule has 0 aliphatic rings. The SMILES string of the molecule is Cc1nc(N[C@H](C)c2ccc(-c3cc(F)c(F)cc3CN(C)C)s2)c2cc(-c3ccc(=O)n(C)c3)c(=O)n(C)c2n1. The third-order valence-corrected chi connectivity index (χ3v) is 8.18. The van der Waals surface area contributed by atoms with Crippen LogP contribution in [0.1, 0.15) is 29.2 Å². The lowest BCUT2D eigenvalue weighted by atomic mass is 10.0. The number of anilines is 1. The Kier molecular flexibility index (Phi) is 7.58. The third kappa shape index (κ3) is 5.55. The van der Waals surface area contributed by atoms with E-state index >= 15 is 0 Å². The van der Waals surface area contributed by atoms with Crippen LogP contribution in [0.5, 0.6) is 0 Å². The molecule has 0 saturated heterocycles. The van der Waals surface area contributed by atoms with E-state index in [9.17, 15) is 18.4 Å². The van der Waals surface area contributed by atoms with Crippen LogP contribution < -0.4 is 16.4 Å². The Labute approximate surface area is 239 Å². The maximum Gasteiger partial charge on any atom is 0.259 e. The van der Waals surface area contributed by atoms with Crippen molar-refractivity contribution in [3.63, 3.8) is 0 Å². The molecule has 212 valence electrons. The standard InChI is InChI=1S/C30H30F2N6O2S/c1-16(25-8-9-26(41-25)20-13-24(32)23(31)11-19(20)14-36(3)4)33-28-22-12-21(18-7-10-27(39)37(5)15-18)30(40)38(6)29(22)35-17(2)34-28/h7-13,15-16H,14H2,1-6H3,(H,33,34,35)/t16-/m1/s1. The van der Waals surface area contributed by atoms with Crippen LogP contribution in [0.4, 0.5) is 14.6 Å². The summed E-state index contributed by atoms with van der Waals surface area (Å²) in [6.45, 7) is 4.22. The number of thiophene rings is 1. The van der Waals surface area contributed by atoms with Gasteiger partial charge < -0.3 is 14.8 Å². The van der Waals surface area contributed by atoms with Crippen molar-refractivity contribution in [1.82, 2.24) is 24.0 Å². The lowest BCUT2D eigenvalue weighted by Crippen LogP contribution is -2.22. The second-order valence-electron chi connectivity index (χ2n) is 10.4. The lowest BCUT2D eigenvalue weighted by Gasteiger charge is -2.17. The molecule has 0 bridgehead atoms. The van der Waals surface area contributed by atoms with Crippen LogP contribution >= 0.6 is 11.3 Å². The Morgan fingerprint density at radius 3 is 2.44 bits per heavy atom. The van der Waals surface area contributed by atoms with Crippen molar-refractivity contribution in [2.24, 2.45) is 14.1 Å². The van der Waals surface area contributed by atoms with Gasteiger partial charge in [0.05, 0.1) is 11.4 Å². The van der Waals surface area contributed by atoms with Gasteiger partial charge >= 0.3 is 0 Å². The molecule has 0 aliphatic heterocycles. The van der Waals surface area contributed by atoms with Crippen LogP contribution in [0.15, 0.2) is 58.3 Å². The van der Waals surface area contributed by atoms with Crippen LogP contribution in [0, 0.1) is 18.6 Å². The zero-order valence-electron chi connectivity index (χ0n) is 23.6. The number of nitrogens with zero attached hydrogens (tertiary/aromatic N) is 5. The number of hydrogen-bond donors (Lipinski definition) is 1. The number of rotatable bonds is 7. The maximum absolute atomic E-state index is 14.2. The Balaban J connectivity index is 1.54. The Bertz CT molecular complexity index is 1910. The summed E-state index contributed by atoms with van der Waals surface area (Å²) in [5, 5.41) is 4.12. The molecule has 1 N–H and O–H groups in total. The van der Waals surface area contributed by atoms with Gasteiger partial charge in [0.2, 0.25) is 5.56 Å². The van der Waals surface area contributed by atoms with Crippen LogP contribution in [0.25, 0.3) is 32.6 Å². The van der Waals surface area contributed by atoms with E-state index in [0.29, 0.717) is 51.5 Å². The van der Waals surface area contributed by atoms with Crippen LogP contribution in [-0.2, 0) is 20.6 Å². The molecule has 5 rings (SSSR count). The van der Waals surface area contributed by atoms with Gasteiger partial charge in [-0.1, -0.05) is 0 Å². The molecule has 0 spiro atoms. The van der Waals surface area contributed by atoms with Gasteiger partial charge in [0.15, 0.2) is 11.6 Å². The molecule has 4 heterocycles. The predicted octanol–water partition coefficient (Wildman–Crippen LogP) is 5.24. The molecule has 0 aliphatic carbocycles. The van der Waals surface area contributed by atoms with Crippen molar-refractivity contribution < 1.29 is 8.78 Å². The third-order valence-electron chi connectivity index (χ3n) is 6.88. The van der Waals surface area contributed by atoms with Gasteiger partial charge in [0.1, 0.15) is 17.3 Å². The van der Waals surface area contributed by atoms with Crippen molar-refractivity contribution in [1.29, 1.82) is 0 Å². The Morgan fingerprint density at radius 2 is 1.73 bits per heavy atom. The number of pyridine rings is 2. The highest BCUT2D eigenvalue weighted by Gasteiger charge is 2.19. The first-order valence-electron chi connectivity index (χ1n) is 13.0. The summed E-state index contributed by atoms with van der Waals surface area (Å²) in [4.78, 5) is 38.1. The highest BCUT2D eigenvalue weighted by Crippen LogP contribution is 2.36. The fourth-order valence-corrected chi connectivity index (χ4v) is 5.87. The molecular formula is C30H30F2N6O2S. The van der Waals surface area contributed by atoms with Crippen molar-refractivity contribution in [2.45, 2.75) is 26.4 Å². The normalized spacial score (nSPS) is 12.3. The molecule has 0 unspecified atom stereocenters. The largest absolute Gasteiger partial charge is 0.362 e. The van der Waals surface area contributed by atoms with Gasteiger partial charge in [-0.05, 0) is 75.5 Å². The monoisotopic (exact) mass is 576 g/mol. The number of aromatic nitrogens is 4. The molecular weight excluding hydrogens is 546 g/mol.